The second-order valence-electron chi connectivity index (χ2n) is 10.7. The van der Waals surface area contributed by atoms with Crippen molar-refractivity contribution in [2.45, 2.75) is 107 Å². The van der Waals surface area contributed by atoms with Gasteiger partial charge in [0.2, 0.25) is 0 Å². The third kappa shape index (κ3) is 6.67. The fourth-order valence-electron chi connectivity index (χ4n) is 3.46. The van der Waals surface area contributed by atoms with E-state index in [9.17, 15) is 4.79 Å². The van der Waals surface area contributed by atoms with Crippen molar-refractivity contribution in [3.05, 3.63) is 0 Å². The average molecular weight is 357 g/mol. The summed E-state index contributed by atoms with van der Waals surface area (Å²) in [7, 11) is 1.71. The van der Waals surface area contributed by atoms with Gasteiger partial charge in [0.15, 0.2) is 5.78 Å². The minimum Gasteiger partial charge on any atom is -0.379 e. The summed E-state index contributed by atoms with van der Waals surface area (Å²) in [5.74, 6) is 0.206. The molecule has 0 aliphatic carbocycles. The Morgan fingerprint density at radius 1 is 0.880 bits per heavy atom. The third-order valence-corrected chi connectivity index (χ3v) is 6.03. The molecule has 0 fully saturated rings. The maximum Gasteiger partial charge on any atom is 0.170 e. The van der Waals surface area contributed by atoms with Crippen LogP contribution in [0.25, 0.3) is 0 Å². The number of hydrogen-bond donors (Lipinski definition) is 0. The van der Waals surface area contributed by atoms with Crippen LogP contribution in [0.5, 0.6) is 0 Å². The van der Waals surface area contributed by atoms with E-state index < -0.39 is 11.0 Å². The van der Waals surface area contributed by atoms with Crippen LogP contribution in [0.3, 0.4) is 0 Å². The molecule has 3 heteroatoms. The number of rotatable bonds is 10. The number of hydrogen-bond acceptors (Lipinski definition) is 3. The number of Topliss-reactive ketones (excluding diaryl/α,β-unsaturated/α-hetero) is 1. The van der Waals surface area contributed by atoms with Crippen LogP contribution in [0.15, 0.2) is 0 Å². The lowest BCUT2D eigenvalue weighted by molar-refractivity contribution is -0.162. The van der Waals surface area contributed by atoms with Crippen LogP contribution in [0.2, 0.25) is 0 Å². The van der Waals surface area contributed by atoms with Crippen molar-refractivity contribution >= 4 is 5.78 Å². The number of ketones is 1. The number of ether oxygens (including phenoxy) is 2. The molecule has 0 N–H and O–H groups in total. The predicted octanol–water partition coefficient (Wildman–Crippen LogP) is 6.04. The summed E-state index contributed by atoms with van der Waals surface area (Å²) in [6.45, 7) is 23.8. The normalized spacial score (nSPS) is 16.6. The van der Waals surface area contributed by atoms with Gasteiger partial charge in [0.25, 0.3) is 0 Å². The SMILES string of the molecule is CCC(C)(C)C(C)(CC(C)(C)C)C(=O)C(C)(C)OCCC(C)(C)OC. The molecule has 0 aromatic carbocycles. The molecule has 0 aliphatic heterocycles. The Hall–Kier alpha value is -0.410. The first kappa shape index (κ1) is 24.6. The van der Waals surface area contributed by atoms with Gasteiger partial charge in [0.1, 0.15) is 5.60 Å². The van der Waals surface area contributed by atoms with E-state index in [0.29, 0.717) is 6.61 Å². The maximum atomic E-state index is 13.6. The fraction of sp³-hybridized carbons (Fsp3) is 0.955. The highest BCUT2D eigenvalue weighted by molar-refractivity contribution is 5.92. The van der Waals surface area contributed by atoms with Gasteiger partial charge in [-0.2, -0.15) is 0 Å². The molecule has 0 bridgehead atoms. The molecule has 0 saturated carbocycles. The van der Waals surface area contributed by atoms with Gasteiger partial charge < -0.3 is 9.47 Å². The standard InChI is InChI=1S/C22H44O3/c1-13-19(5,6)22(11,16-18(2,3)4)17(23)21(9,10)25-15-14-20(7,8)24-12/h13-16H2,1-12H3. The topological polar surface area (TPSA) is 35.5 Å². The molecule has 0 rings (SSSR count). The van der Waals surface area contributed by atoms with E-state index in [1.54, 1.807) is 7.11 Å². The van der Waals surface area contributed by atoms with Crippen LogP contribution in [-0.4, -0.2) is 30.7 Å². The van der Waals surface area contributed by atoms with Gasteiger partial charge in [-0.25, -0.2) is 0 Å². The summed E-state index contributed by atoms with van der Waals surface area (Å²) >= 11 is 0. The molecular formula is C22H44O3. The van der Waals surface area contributed by atoms with Crippen LogP contribution in [-0.2, 0) is 14.3 Å². The summed E-state index contributed by atoms with van der Waals surface area (Å²) in [5.41, 5.74) is -1.51. The van der Waals surface area contributed by atoms with Crippen molar-refractivity contribution in [3.63, 3.8) is 0 Å². The monoisotopic (exact) mass is 356 g/mol. The Labute approximate surface area is 157 Å². The van der Waals surface area contributed by atoms with Gasteiger partial charge in [-0.05, 0) is 51.4 Å². The minimum atomic E-state index is -0.809. The van der Waals surface area contributed by atoms with Crippen molar-refractivity contribution in [1.29, 1.82) is 0 Å². The van der Waals surface area contributed by atoms with Gasteiger partial charge in [-0.3, -0.25) is 4.79 Å². The van der Waals surface area contributed by atoms with E-state index in [-0.39, 0.29) is 22.2 Å². The van der Waals surface area contributed by atoms with Crippen LogP contribution < -0.4 is 0 Å². The zero-order valence-corrected chi connectivity index (χ0v) is 19.1. The summed E-state index contributed by atoms with van der Waals surface area (Å²) in [5, 5.41) is 0. The zero-order valence-electron chi connectivity index (χ0n) is 19.1. The molecule has 0 aromatic heterocycles. The Bertz CT molecular complexity index is 441. The minimum absolute atomic E-state index is 0.0744. The van der Waals surface area contributed by atoms with E-state index >= 15 is 0 Å². The number of carbonyl (C=O) groups excluding carboxylic acids is 1. The van der Waals surface area contributed by atoms with Gasteiger partial charge in [-0.15, -0.1) is 0 Å². The molecule has 1 unspecified atom stereocenters. The lowest BCUT2D eigenvalue weighted by Crippen LogP contribution is -2.53. The van der Waals surface area contributed by atoms with E-state index in [4.69, 9.17) is 9.47 Å². The summed E-state index contributed by atoms with van der Waals surface area (Å²) in [6.07, 6.45) is 2.56. The fourth-order valence-corrected chi connectivity index (χ4v) is 3.46. The van der Waals surface area contributed by atoms with Crippen LogP contribution in [0.4, 0.5) is 0 Å². The maximum absolute atomic E-state index is 13.6. The summed E-state index contributed by atoms with van der Waals surface area (Å²) in [4.78, 5) is 13.6. The van der Waals surface area contributed by atoms with Gasteiger partial charge >= 0.3 is 0 Å². The highest BCUT2D eigenvalue weighted by Gasteiger charge is 2.52. The molecule has 1 atom stereocenters. The van der Waals surface area contributed by atoms with E-state index in [2.05, 4.69) is 48.5 Å². The summed E-state index contributed by atoms with van der Waals surface area (Å²) < 4.78 is 11.6. The van der Waals surface area contributed by atoms with Gasteiger partial charge in [0, 0.05) is 12.5 Å². The van der Waals surface area contributed by atoms with Crippen molar-refractivity contribution in [2.75, 3.05) is 13.7 Å². The molecule has 3 nitrogen and oxygen atoms in total. The molecule has 0 spiro atoms. The second-order valence-corrected chi connectivity index (χ2v) is 10.7. The second kappa shape index (κ2) is 8.08. The molecule has 0 saturated heterocycles. The highest BCUT2D eigenvalue weighted by atomic mass is 16.5. The van der Waals surface area contributed by atoms with E-state index in [0.717, 1.165) is 19.3 Å². The largest absolute Gasteiger partial charge is 0.379 e. The van der Waals surface area contributed by atoms with E-state index in [1.165, 1.54) is 0 Å². The van der Waals surface area contributed by atoms with Gasteiger partial charge in [-0.1, -0.05) is 54.9 Å². The molecule has 0 aromatic rings. The van der Waals surface area contributed by atoms with Crippen LogP contribution >= 0.6 is 0 Å². The number of methoxy groups -OCH3 is 1. The number of carbonyl (C=O) groups is 1. The van der Waals surface area contributed by atoms with Crippen molar-refractivity contribution in [1.82, 2.24) is 0 Å². The first-order valence-electron chi connectivity index (χ1n) is 9.68. The predicted molar refractivity (Wildman–Crippen MR) is 107 cm³/mol. The Kier molecular flexibility index (Phi) is 7.95. The zero-order chi connectivity index (χ0) is 20.3. The molecule has 0 amide bonds. The van der Waals surface area contributed by atoms with Crippen molar-refractivity contribution in [3.8, 4) is 0 Å². The third-order valence-electron chi connectivity index (χ3n) is 6.03. The lowest BCUT2D eigenvalue weighted by atomic mass is 9.55. The first-order chi connectivity index (χ1) is 10.9. The van der Waals surface area contributed by atoms with Crippen LogP contribution in [0.1, 0.15) is 95.4 Å². The molecule has 150 valence electrons. The Morgan fingerprint density at radius 3 is 1.72 bits per heavy atom. The molecule has 25 heavy (non-hydrogen) atoms. The smallest absolute Gasteiger partial charge is 0.170 e. The van der Waals surface area contributed by atoms with Gasteiger partial charge in [0.05, 0.1) is 12.2 Å². The Balaban J connectivity index is 5.48. The molecule has 0 radical (unpaired) electrons. The molecule has 0 aliphatic rings. The highest BCUT2D eigenvalue weighted by Crippen LogP contribution is 2.51. The van der Waals surface area contributed by atoms with Crippen molar-refractivity contribution in [2.24, 2.45) is 16.2 Å². The molecular weight excluding hydrogens is 312 g/mol. The van der Waals surface area contributed by atoms with Crippen LogP contribution in [0, 0.1) is 16.2 Å². The van der Waals surface area contributed by atoms with Crippen molar-refractivity contribution < 1.29 is 14.3 Å². The van der Waals surface area contributed by atoms with E-state index in [1.807, 2.05) is 27.7 Å². The quantitative estimate of drug-likeness (QED) is 0.478. The average Bonchev–Trinajstić information content (AvgIpc) is 2.43. The lowest BCUT2D eigenvalue weighted by Gasteiger charge is -2.49. The summed E-state index contributed by atoms with van der Waals surface area (Å²) in [6, 6.07) is 0. The molecule has 0 heterocycles. The Morgan fingerprint density at radius 2 is 1.36 bits per heavy atom. The first-order valence-corrected chi connectivity index (χ1v) is 9.68.